The zero-order chi connectivity index (χ0) is 8.10. The fourth-order valence-electron chi connectivity index (χ4n) is 1.44. The minimum absolute atomic E-state index is 1.12. The predicted octanol–water partition coefficient (Wildman–Crippen LogP) is 1.55. The highest BCUT2D eigenvalue weighted by Crippen LogP contribution is 2.07. The lowest BCUT2D eigenvalue weighted by Crippen LogP contribution is -2.29. The molecule has 1 aliphatic heterocycles. The lowest BCUT2D eigenvalue weighted by molar-refractivity contribution is 0.343. The molecule has 0 spiro atoms. The lowest BCUT2D eigenvalue weighted by atomic mass is 10.4. The number of rotatable bonds is 4. The Morgan fingerprint density at radius 1 is 1.55 bits per heavy atom. The van der Waals surface area contributed by atoms with Crippen molar-refractivity contribution in [2.45, 2.75) is 26.7 Å². The van der Waals surface area contributed by atoms with Crippen molar-refractivity contribution in [3.8, 4) is 0 Å². The molecule has 1 aliphatic rings. The first-order valence-corrected chi connectivity index (χ1v) is 4.57. The Bertz CT molecular complexity index is 140. The van der Waals surface area contributed by atoms with Gasteiger partial charge >= 0.3 is 0 Å². The summed E-state index contributed by atoms with van der Waals surface area (Å²) in [6, 6.07) is 0. The van der Waals surface area contributed by atoms with Crippen LogP contribution in [-0.4, -0.2) is 24.5 Å². The fraction of sp³-hybridized carbons (Fsp3) is 0.778. The Morgan fingerprint density at radius 3 is 2.82 bits per heavy atom. The van der Waals surface area contributed by atoms with Gasteiger partial charge in [0.1, 0.15) is 0 Å². The lowest BCUT2D eigenvalue weighted by Gasteiger charge is -2.23. The van der Waals surface area contributed by atoms with E-state index >= 15 is 0 Å². The minimum Gasteiger partial charge on any atom is -0.372 e. The topological polar surface area (TPSA) is 15.3 Å². The summed E-state index contributed by atoms with van der Waals surface area (Å²) in [6.45, 7) is 7.84. The van der Waals surface area contributed by atoms with Gasteiger partial charge in [0.15, 0.2) is 0 Å². The molecule has 1 rings (SSSR count). The van der Waals surface area contributed by atoms with Crippen LogP contribution < -0.4 is 5.32 Å². The van der Waals surface area contributed by atoms with Crippen LogP contribution in [0.5, 0.6) is 0 Å². The molecular weight excluding hydrogens is 136 g/mol. The van der Waals surface area contributed by atoms with E-state index in [9.17, 15) is 0 Å². The van der Waals surface area contributed by atoms with Gasteiger partial charge in [-0.25, -0.2) is 0 Å². The third-order valence-electron chi connectivity index (χ3n) is 2.00. The second-order valence-electron chi connectivity index (χ2n) is 2.88. The van der Waals surface area contributed by atoms with E-state index in [1.165, 1.54) is 25.2 Å². The molecule has 0 saturated heterocycles. The summed E-state index contributed by atoms with van der Waals surface area (Å²) in [5.41, 5.74) is 0. The fourth-order valence-corrected chi connectivity index (χ4v) is 1.44. The van der Waals surface area contributed by atoms with Crippen molar-refractivity contribution in [1.29, 1.82) is 0 Å². The Morgan fingerprint density at radius 2 is 2.36 bits per heavy atom. The van der Waals surface area contributed by atoms with Crippen LogP contribution >= 0.6 is 0 Å². The molecule has 0 unspecified atom stereocenters. The van der Waals surface area contributed by atoms with Gasteiger partial charge < -0.3 is 10.2 Å². The van der Waals surface area contributed by atoms with Crippen molar-refractivity contribution in [2.75, 3.05) is 19.6 Å². The molecule has 0 bridgehead atoms. The van der Waals surface area contributed by atoms with Crippen LogP contribution in [0.2, 0.25) is 0 Å². The van der Waals surface area contributed by atoms with Gasteiger partial charge in [0.2, 0.25) is 0 Å². The van der Waals surface area contributed by atoms with Gasteiger partial charge in [0.05, 0.1) is 5.82 Å². The van der Waals surface area contributed by atoms with Crippen molar-refractivity contribution in [3.63, 3.8) is 0 Å². The monoisotopic (exact) mass is 154 g/mol. The van der Waals surface area contributed by atoms with Gasteiger partial charge in [0, 0.05) is 19.6 Å². The molecule has 11 heavy (non-hydrogen) atoms. The molecule has 64 valence electrons. The van der Waals surface area contributed by atoms with Crippen LogP contribution in [0.1, 0.15) is 26.7 Å². The highest BCUT2D eigenvalue weighted by Gasteiger charge is 2.08. The summed E-state index contributed by atoms with van der Waals surface area (Å²) in [4.78, 5) is 2.40. The average molecular weight is 154 g/mol. The molecule has 0 atom stereocenters. The average Bonchev–Trinajstić information content (AvgIpc) is 2.52. The molecule has 1 heterocycles. The molecule has 0 aromatic heterocycles. The van der Waals surface area contributed by atoms with Gasteiger partial charge in [-0.2, -0.15) is 0 Å². The molecule has 0 aromatic rings. The van der Waals surface area contributed by atoms with E-state index in [0.29, 0.717) is 0 Å². The second kappa shape index (κ2) is 4.27. The highest BCUT2D eigenvalue weighted by atomic mass is 15.2. The van der Waals surface area contributed by atoms with Gasteiger partial charge in [-0.3, -0.25) is 0 Å². The maximum absolute atomic E-state index is 3.38. The third kappa shape index (κ3) is 2.14. The van der Waals surface area contributed by atoms with E-state index in [4.69, 9.17) is 0 Å². The van der Waals surface area contributed by atoms with Crippen molar-refractivity contribution in [2.24, 2.45) is 0 Å². The molecule has 2 nitrogen and oxygen atoms in total. The molecule has 0 fully saturated rings. The second-order valence-corrected chi connectivity index (χ2v) is 2.88. The van der Waals surface area contributed by atoms with Gasteiger partial charge in [-0.05, 0) is 25.8 Å². The first kappa shape index (κ1) is 8.44. The van der Waals surface area contributed by atoms with E-state index < -0.39 is 0 Å². The Hall–Kier alpha value is -0.660. The Kier molecular flexibility index (Phi) is 3.27. The third-order valence-corrected chi connectivity index (χ3v) is 2.00. The SMILES string of the molecule is CCCN(CC)C1=CCCN1. The number of hydrogen-bond donors (Lipinski definition) is 1. The first-order chi connectivity index (χ1) is 5.38. The van der Waals surface area contributed by atoms with Gasteiger partial charge in [-0.1, -0.05) is 6.92 Å². The summed E-state index contributed by atoms with van der Waals surface area (Å²) in [7, 11) is 0. The maximum atomic E-state index is 3.38. The molecular formula is C9H18N2. The molecule has 0 aliphatic carbocycles. The summed E-state index contributed by atoms with van der Waals surface area (Å²) in [6.07, 6.45) is 4.71. The number of nitrogens with zero attached hydrogens (tertiary/aromatic N) is 1. The summed E-state index contributed by atoms with van der Waals surface area (Å²) < 4.78 is 0. The smallest absolute Gasteiger partial charge is 0.0972 e. The quantitative estimate of drug-likeness (QED) is 0.661. The standard InChI is InChI=1S/C9H18N2/c1-3-8-11(4-2)9-6-5-7-10-9/h6,10H,3-5,7-8H2,1-2H3. The van der Waals surface area contributed by atoms with E-state index in [1.54, 1.807) is 0 Å². The molecule has 0 aromatic carbocycles. The highest BCUT2D eigenvalue weighted by molar-refractivity contribution is 5.04. The summed E-state index contributed by atoms with van der Waals surface area (Å²) >= 11 is 0. The first-order valence-electron chi connectivity index (χ1n) is 4.57. The number of hydrogen-bond acceptors (Lipinski definition) is 2. The molecule has 0 amide bonds. The van der Waals surface area contributed by atoms with E-state index in [0.717, 1.165) is 13.1 Å². The Labute approximate surface area is 69.3 Å². The Balaban J connectivity index is 2.40. The van der Waals surface area contributed by atoms with Crippen LogP contribution in [-0.2, 0) is 0 Å². The normalized spacial score (nSPS) is 16.0. The van der Waals surface area contributed by atoms with E-state index in [-0.39, 0.29) is 0 Å². The van der Waals surface area contributed by atoms with Gasteiger partial charge in [-0.15, -0.1) is 0 Å². The maximum Gasteiger partial charge on any atom is 0.0972 e. The van der Waals surface area contributed by atoms with Crippen molar-refractivity contribution >= 4 is 0 Å². The van der Waals surface area contributed by atoms with Crippen LogP contribution in [0.3, 0.4) is 0 Å². The molecule has 1 N–H and O–H groups in total. The van der Waals surface area contributed by atoms with Crippen LogP contribution in [0.4, 0.5) is 0 Å². The molecule has 0 radical (unpaired) electrons. The zero-order valence-electron chi connectivity index (χ0n) is 7.56. The summed E-state index contributed by atoms with van der Waals surface area (Å²) in [5, 5.41) is 3.38. The summed E-state index contributed by atoms with van der Waals surface area (Å²) in [5.74, 6) is 1.34. The van der Waals surface area contributed by atoms with Crippen LogP contribution in [0.25, 0.3) is 0 Å². The minimum atomic E-state index is 1.12. The van der Waals surface area contributed by atoms with Crippen molar-refractivity contribution < 1.29 is 0 Å². The van der Waals surface area contributed by atoms with Gasteiger partial charge in [0.25, 0.3) is 0 Å². The van der Waals surface area contributed by atoms with Crippen LogP contribution in [0, 0.1) is 0 Å². The van der Waals surface area contributed by atoms with Crippen LogP contribution in [0.15, 0.2) is 11.9 Å². The number of nitrogens with one attached hydrogen (secondary N) is 1. The van der Waals surface area contributed by atoms with E-state index in [1.807, 2.05) is 0 Å². The largest absolute Gasteiger partial charge is 0.372 e. The van der Waals surface area contributed by atoms with Crippen molar-refractivity contribution in [1.82, 2.24) is 10.2 Å². The molecule has 2 heteroatoms. The molecule has 0 saturated carbocycles. The predicted molar refractivity (Wildman–Crippen MR) is 48.2 cm³/mol. The van der Waals surface area contributed by atoms with Crippen molar-refractivity contribution in [3.05, 3.63) is 11.9 Å². The zero-order valence-corrected chi connectivity index (χ0v) is 7.56. The van der Waals surface area contributed by atoms with E-state index in [2.05, 4.69) is 30.1 Å².